The molecule has 11 rings (SSSR count). The zero-order valence-electron chi connectivity index (χ0n) is 33.2. The highest BCUT2D eigenvalue weighted by Gasteiger charge is 2.19. The first-order valence-electron chi connectivity index (χ1n) is 20.5. The molecule has 1 nitrogen and oxygen atoms in total. The molecule has 1 aromatic heterocycles. The van der Waals surface area contributed by atoms with Gasteiger partial charge in [0.1, 0.15) is 0 Å². The van der Waals surface area contributed by atoms with Gasteiger partial charge < -0.3 is 4.57 Å². The Morgan fingerprint density at radius 2 is 0.610 bits per heavy atom. The summed E-state index contributed by atoms with van der Waals surface area (Å²) in [5, 5.41) is 7.60. The van der Waals surface area contributed by atoms with Crippen LogP contribution in [0.1, 0.15) is 11.1 Å². The van der Waals surface area contributed by atoms with Crippen LogP contribution < -0.4 is 0 Å². The standard InChI is InChI=1S/C58H41N/c1-38-19-31-50-53(34-38)57(44-24-20-42(21-25-44)40-12-6-3-7-13-40)49-30-18-39(2)35-54(49)58(50)45-26-22-43(23-27-45)47-29-33-56-52(37-47)51-36-46(41-14-8-4-9-15-41)28-32-55(51)59(56)48-16-10-5-11-17-48/h3-37H,1-2H3. The number of hydrogen-bond acceptors (Lipinski definition) is 0. The molecule has 0 aliphatic rings. The van der Waals surface area contributed by atoms with Crippen molar-refractivity contribution in [3.8, 4) is 61.3 Å². The summed E-state index contributed by atoms with van der Waals surface area (Å²) in [4.78, 5) is 0. The van der Waals surface area contributed by atoms with E-state index in [-0.39, 0.29) is 0 Å². The van der Waals surface area contributed by atoms with Gasteiger partial charge in [0.15, 0.2) is 0 Å². The van der Waals surface area contributed by atoms with Crippen molar-refractivity contribution in [1.29, 1.82) is 0 Å². The van der Waals surface area contributed by atoms with E-state index in [2.05, 4.69) is 231 Å². The number of hydrogen-bond donors (Lipinski definition) is 0. The van der Waals surface area contributed by atoms with Crippen LogP contribution >= 0.6 is 0 Å². The average molecular weight is 752 g/mol. The summed E-state index contributed by atoms with van der Waals surface area (Å²) in [6.45, 7) is 4.40. The predicted octanol–water partition coefficient (Wildman–Crippen LogP) is 16.0. The lowest BCUT2D eigenvalue weighted by Crippen LogP contribution is -1.93. The van der Waals surface area contributed by atoms with Gasteiger partial charge in [-0.15, -0.1) is 0 Å². The van der Waals surface area contributed by atoms with Crippen LogP contribution in [0.2, 0.25) is 0 Å². The number of benzene rings is 10. The highest BCUT2D eigenvalue weighted by molar-refractivity contribution is 6.22. The minimum Gasteiger partial charge on any atom is -0.309 e. The van der Waals surface area contributed by atoms with Crippen molar-refractivity contribution in [2.24, 2.45) is 0 Å². The predicted molar refractivity (Wildman–Crippen MR) is 252 cm³/mol. The molecule has 1 heteroatoms. The summed E-state index contributed by atoms with van der Waals surface area (Å²) < 4.78 is 2.40. The van der Waals surface area contributed by atoms with E-state index in [9.17, 15) is 0 Å². The molecule has 0 unspecified atom stereocenters. The Morgan fingerprint density at radius 3 is 1.07 bits per heavy atom. The van der Waals surface area contributed by atoms with Crippen LogP contribution in [0.25, 0.3) is 105 Å². The van der Waals surface area contributed by atoms with E-state index in [1.807, 2.05) is 0 Å². The maximum Gasteiger partial charge on any atom is 0.0541 e. The zero-order chi connectivity index (χ0) is 39.5. The fraction of sp³-hybridized carbons (Fsp3) is 0.0345. The third-order valence-corrected chi connectivity index (χ3v) is 12.1. The summed E-state index contributed by atoms with van der Waals surface area (Å²) in [6, 6.07) is 78.2. The lowest BCUT2D eigenvalue weighted by atomic mass is 9.84. The van der Waals surface area contributed by atoms with Gasteiger partial charge in [-0.3, -0.25) is 0 Å². The van der Waals surface area contributed by atoms with Gasteiger partial charge in [0.05, 0.1) is 11.0 Å². The Morgan fingerprint density at radius 1 is 0.254 bits per heavy atom. The van der Waals surface area contributed by atoms with Gasteiger partial charge in [0.25, 0.3) is 0 Å². The maximum atomic E-state index is 2.40. The van der Waals surface area contributed by atoms with Crippen LogP contribution in [0, 0.1) is 13.8 Å². The number of rotatable bonds is 6. The van der Waals surface area contributed by atoms with Crippen molar-refractivity contribution in [1.82, 2.24) is 4.57 Å². The molecule has 0 radical (unpaired) electrons. The van der Waals surface area contributed by atoms with Crippen molar-refractivity contribution < 1.29 is 0 Å². The quantitative estimate of drug-likeness (QED) is 0.149. The highest BCUT2D eigenvalue weighted by atomic mass is 15.0. The van der Waals surface area contributed by atoms with Crippen molar-refractivity contribution in [2.75, 3.05) is 0 Å². The fourth-order valence-electron chi connectivity index (χ4n) is 9.24. The van der Waals surface area contributed by atoms with Gasteiger partial charge in [-0.25, -0.2) is 0 Å². The second-order valence-electron chi connectivity index (χ2n) is 15.9. The molecule has 1 heterocycles. The van der Waals surface area contributed by atoms with E-state index in [1.165, 1.54) is 110 Å². The van der Waals surface area contributed by atoms with Gasteiger partial charge in [-0.1, -0.05) is 187 Å². The number of aromatic nitrogens is 1. The molecule has 59 heavy (non-hydrogen) atoms. The lowest BCUT2D eigenvalue weighted by Gasteiger charge is -2.19. The van der Waals surface area contributed by atoms with Crippen LogP contribution in [0.4, 0.5) is 0 Å². The Labute approximate surface area is 345 Å². The molecule has 0 amide bonds. The largest absolute Gasteiger partial charge is 0.309 e. The molecule has 278 valence electrons. The molecular weight excluding hydrogens is 711 g/mol. The van der Waals surface area contributed by atoms with Crippen LogP contribution in [0.5, 0.6) is 0 Å². The first kappa shape index (κ1) is 34.7. The Bertz CT molecular complexity index is 3340. The first-order chi connectivity index (χ1) is 29.1. The van der Waals surface area contributed by atoms with E-state index in [1.54, 1.807) is 0 Å². The van der Waals surface area contributed by atoms with E-state index in [0.29, 0.717) is 0 Å². The van der Waals surface area contributed by atoms with Gasteiger partial charge in [-0.05, 0) is 127 Å². The van der Waals surface area contributed by atoms with E-state index >= 15 is 0 Å². The van der Waals surface area contributed by atoms with Gasteiger partial charge in [0, 0.05) is 16.5 Å². The molecule has 0 fully saturated rings. The molecule has 0 saturated carbocycles. The summed E-state index contributed by atoms with van der Waals surface area (Å²) in [5.74, 6) is 0. The van der Waals surface area contributed by atoms with Crippen LogP contribution in [-0.2, 0) is 0 Å². The maximum absolute atomic E-state index is 2.40. The summed E-state index contributed by atoms with van der Waals surface area (Å²) >= 11 is 0. The smallest absolute Gasteiger partial charge is 0.0541 e. The minimum atomic E-state index is 1.16. The molecule has 0 spiro atoms. The highest BCUT2D eigenvalue weighted by Crippen LogP contribution is 2.45. The lowest BCUT2D eigenvalue weighted by molar-refractivity contribution is 1.18. The van der Waals surface area contributed by atoms with E-state index < -0.39 is 0 Å². The first-order valence-corrected chi connectivity index (χ1v) is 20.5. The number of aryl methyl sites for hydroxylation is 2. The number of para-hydroxylation sites is 1. The topological polar surface area (TPSA) is 4.93 Å². The fourth-order valence-corrected chi connectivity index (χ4v) is 9.24. The third-order valence-electron chi connectivity index (χ3n) is 12.1. The minimum absolute atomic E-state index is 1.16. The SMILES string of the molecule is Cc1ccc2c(-c3ccc(-c4ccc5c(c4)c4cc(-c6ccccc6)ccc4n5-c4ccccc4)cc3)c3cc(C)ccc3c(-c3ccc(-c4ccccc4)cc3)c2c1. The van der Waals surface area contributed by atoms with E-state index in [4.69, 9.17) is 0 Å². The van der Waals surface area contributed by atoms with Crippen molar-refractivity contribution in [3.05, 3.63) is 223 Å². The Kier molecular flexibility index (Phi) is 8.34. The van der Waals surface area contributed by atoms with Gasteiger partial charge >= 0.3 is 0 Å². The molecule has 0 atom stereocenters. The summed E-state index contributed by atoms with van der Waals surface area (Å²) in [5.41, 5.74) is 18.4. The van der Waals surface area contributed by atoms with Gasteiger partial charge in [-0.2, -0.15) is 0 Å². The molecule has 0 aliphatic carbocycles. The molecule has 11 aromatic rings. The second kappa shape index (κ2) is 14.2. The number of nitrogens with zero attached hydrogens (tertiary/aromatic N) is 1. The average Bonchev–Trinajstić information content (AvgIpc) is 3.62. The van der Waals surface area contributed by atoms with Crippen LogP contribution in [-0.4, -0.2) is 4.57 Å². The molecule has 0 bridgehead atoms. The summed E-state index contributed by atoms with van der Waals surface area (Å²) in [7, 11) is 0. The molecule has 0 aliphatic heterocycles. The molecule has 0 saturated heterocycles. The Balaban J connectivity index is 1.05. The van der Waals surface area contributed by atoms with Crippen LogP contribution in [0.3, 0.4) is 0 Å². The summed E-state index contributed by atoms with van der Waals surface area (Å²) in [6.07, 6.45) is 0. The monoisotopic (exact) mass is 751 g/mol. The zero-order valence-corrected chi connectivity index (χ0v) is 33.2. The normalized spacial score (nSPS) is 11.6. The third kappa shape index (κ3) is 6.02. The van der Waals surface area contributed by atoms with E-state index in [0.717, 1.165) is 5.69 Å². The van der Waals surface area contributed by atoms with Crippen LogP contribution in [0.15, 0.2) is 212 Å². The van der Waals surface area contributed by atoms with Crippen molar-refractivity contribution in [2.45, 2.75) is 13.8 Å². The van der Waals surface area contributed by atoms with Crippen molar-refractivity contribution in [3.63, 3.8) is 0 Å². The number of fused-ring (bicyclic) bond motifs is 5. The van der Waals surface area contributed by atoms with Gasteiger partial charge in [0.2, 0.25) is 0 Å². The second-order valence-corrected chi connectivity index (χ2v) is 15.9. The van der Waals surface area contributed by atoms with Crippen molar-refractivity contribution >= 4 is 43.4 Å². The molecule has 10 aromatic carbocycles. The molecular formula is C58H41N. The molecule has 0 N–H and O–H groups in total. The Hall–Kier alpha value is -7.48.